The van der Waals surface area contributed by atoms with Gasteiger partial charge in [-0.05, 0) is 83.6 Å². The lowest BCUT2D eigenvalue weighted by molar-refractivity contribution is -0.127. The predicted molar refractivity (Wildman–Crippen MR) is 198 cm³/mol. The van der Waals surface area contributed by atoms with E-state index in [0.29, 0.717) is 55.3 Å². The van der Waals surface area contributed by atoms with Crippen molar-refractivity contribution in [2.24, 2.45) is 0 Å². The largest absolute Gasteiger partial charge is 0.487 e. The van der Waals surface area contributed by atoms with Gasteiger partial charge in [0.1, 0.15) is 18.2 Å². The summed E-state index contributed by atoms with van der Waals surface area (Å²) in [7, 11) is 0. The van der Waals surface area contributed by atoms with Crippen LogP contribution in [0.5, 0.6) is 17.4 Å². The Hall–Kier alpha value is -5.02. The van der Waals surface area contributed by atoms with E-state index in [-0.39, 0.29) is 11.7 Å². The third-order valence-electron chi connectivity index (χ3n) is 8.68. The Morgan fingerprint density at radius 2 is 1.43 bits per heavy atom. The van der Waals surface area contributed by atoms with E-state index in [1.165, 1.54) is 23.3 Å². The van der Waals surface area contributed by atoms with Crippen molar-refractivity contribution in [3.8, 4) is 17.4 Å². The van der Waals surface area contributed by atoms with Crippen LogP contribution in [0, 0.1) is 19.7 Å². The third kappa shape index (κ3) is 10.5. The lowest BCUT2D eigenvalue weighted by Crippen LogP contribution is -2.47. The van der Waals surface area contributed by atoms with Crippen molar-refractivity contribution in [3.63, 3.8) is 0 Å². The van der Waals surface area contributed by atoms with Gasteiger partial charge in [0.15, 0.2) is 5.75 Å². The second-order valence-corrected chi connectivity index (χ2v) is 13.1. The van der Waals surface area contributed by atoms with Crippen LogP contribution in [-0.4, -0.2) is 46.9 Å². The summed E-state index contributed by atoms with van der Waals surface area (Å²) in [4.78, 5) is 21.6. The van der Waals surface area contributed by atoms with Crippen molar-refractivity contribution in [3.05, 3.63) is 159 Å². The fraction of sp³-hybridized carbons (Fsp3) is 0.238. The Morgan fingerprint density at radius 1 is 0.804 bits per heavy atom. The Labute approximate surface area is 303 Å². The molecule has 1 saturated heterocycles. The van der Waals surface area contributed by atoms with Crippen molar-refractivity contribution in [1.29, 1.82) is 0 Å². The number of aromatic nitrogens is 1. The Morgan fingerprint density at radius 3 is 2.08 bits per heavy atom. The SMILES string of the molecule is Cc1ccc(COc2ccc(Oc3c(C)cc(/C=C/C(=O)N4CCN(Cc5ccc(COCc6ccc(F)cc6)cc5)CC4)cc3Cl)nc2)cc1. The van der Waals surface area contributed by atoms with Crippen LogP contribution in [0.15, 0.2) is 109 Å². The summed E-state index contributed by atoms with van der Waals surface area (Å²) in [5.41, 5.74) is 7.18. The lowest BCUT2D eigenvalue weighted by atomic mass is 10.1. The maximum atomic E-state index is 13.1. The Balaban J connectivity index is 0.931. The summed E-state index contributed by atoms with van der Waals surface area (Å²) >= 11 is 6.62. The van der Waals surface area contributed by atoms with Gasteiger partial charge in [-0.2, -0.15) is 0 Å². The number of carbonyl (C=O) groups excluding carboxylic acids is 1. The smallest absolute Gasteiger partial charge is 0.246 e. The molecule has 0 unspecified atom stereocenters. The number of benzene rings is 4. The highest BCUT2D eigenvalue weighted by atomic mass is 35.5. The van der Waals surface area contributed by atoms with Gasteiger partial charge in [0.25, 0.3) is 0 Å². The van der Waals surface area contributed by atoms with Gasteiger partial charge in [0.05, 0.1) is 24.4 Å². The van der Waals surface area contributed by atoms with Crippen molar-refractivity contribution < 1.29 is 23.4 Å². The van der Waals surface area contributed by atoms with Crippen LogP contribution in [0.4, 0.5) is 4.39 Å². The van der Waals surface area contributed by atoms with E-state index in [9.17, 15) is 9.18 Å². The van der Waals surface area contributed by atoms with Crippen LogP contribution in [0.1, 0.15) is 38.9 Å². The summed E-state index contributed by atoms with van der Waals surface area (Å²) in [6, 6.07) is 30.2. The normalized spacial score (nSPS) is 13.5. The molecule has 0 aliphatic carbocycles. The van der Waals surface area contributed by atoms with Gasteiger partial charge in [-0.1, -0.05) is 77.8 Å². The van der Waals surface area contributed by atoms with E-state index in [2.05, 4.69) is 53.2 Å². The van der Waals surface area contributed by atoms with Crippen molar-refractivity contribution >= 4 is 23.6 Å². The minimum Gasteiger partial charge on any atom is -0.487 e. The summed E-state index contributed by atoms with van der Waals surface area (Å²) in [6.45, 7) is 9.10. The minimum atomic E-state index is -0.247. The highest BCUT2D eigenvalue weighted by Crippen LogP contribution is 2.34. The van der Waals surface area contributed by atoms with E-state index in [4.69, 9.17) is 25.8 Å². The molecule has 1 amide bonds. The molecule has 0 saturated carbocycles. The number of pyridine rings is 1. The molecule has 262 valence electrons. The number of hydrogen-bond acceptors (Lipinski definition) is 6. The van der Waals surface area contributed by atoms with E-state index < -0.39 is 0 Å². The van der Waals surface area contributed by atoms with Gasteiger partial charge in [-0.3, -0.25) is 9.69 Å². The van der Waals surface area contributed by atoms with Gasteiger partial charge in [-0.25, -0.2) is 9.37 Å². The lowest BCUT2D eigenvalue weighted by Gasteiger charge is -2.34. The van der Waals surface area contributed by atoms with Gasteiger partial charge in [0, 0.05) is 44.9 Å². The van der Waals surface area contributed by atoms with Crippen LogP contribution in [0.25, 0.3) is 6.08 Å². The van der Waals surface area contributed by atoms with Crippen LogP contribution >= 0.6 is 11.6 Å². The molecule has 6 rings (SSSR count). The first-order valence-corrected chi connectivity index (χ1v) is 17.4. The molecule has 0 N–H and O–H groups in total. The zero-order valence-electron chi connectivity index (χ0n) is 28.9. The molecule has 1 fully saturated rings. The summed E-state index contributed by atoms with van der Waals surface area (Å²) in [6.07, 6.45) is 5.03. The van der Waals surface area contributed by atoms with Crippen LogP contribution < -0.4 is 9.47 Å². The first-order valence-electron chi connectivity index (χ1n) is 17.0. The van der Waals surface area contributed by atoms with E-state index in [1.807, 2.05) is 36.1 Å². The molecule has 0 bridgehead atoms. The number of halogens is 2. The molecular formula is C42H41ClFN3O4. The highest BCUT2D eigenvalue weighted by molar-refractivity contribution is 6.32. The molecule has 5 aromatic rings. The van der Waals surface area contributed by atoms with Crippen LogP contribution in [0.3, 0.4) is 0 Å². The number of aryl methyl sites for hydroxylation is 2. The van der Waals surface area contributed by atoms with Gasteiger partial charge >= 0.3 is 0 Å². The molecule has 7 nitrogen and oxygen atoms in total. The van der Waals surface area contributed by atoms with Crippen molar-refractivity contribution in [2.45, 2.75) is 40.2 Å². The number of nitrogens with zero attached hydrogens (tertiary/aromatic N) is 3. The Bertz CT molecular complexity index is 1900. The van der Waals surface area contributed by atoms with E-state index in [1.54, 1.807) is 42.6 Å². The van der Waals surface area contributed by atoms with Gasteiger partial charge < -0.3 is 19.1 Å². The first-order chi connectivity index (χ1) is 24.8. The Kier molecular flexibility index (Phi) is 12.1. The maximum absolute atomic E-state index is 13.1. The zero-order valence-corrected chi connectivity index (χ0v) is 29.6. The van der Waals surface area contributed by atoms with Gasteiger partial charge in [0.2, 0.25) is 11.8 Å². The molecule has 51 heavy (non-hydrogen) atoms. The number of carbonyl (C=O) groups is 1. The number of ether oxygens (including phenoxy) is 3. The zero-order chi connectivity index (χ0) is 35.6. The van der Waals surface area contributed by atoms with Crippen LogP contribution in [0.2, 0.25) is 5.02 Å². The summed E-state index contributed by atoms with van der Waals surface area (Å²) in [5.74, 6) is 1.29. The van der Waals surface area contributed by atoms with E-state index >= 15 is 0 Å². The average molecular weight is 706 g/mol. The molecule has 0 radical (unpaired) electrons. The second-order valence-electron chi connectivity index (χ2n) is 12.7. The maximum Gasteiger partial charge on any atom is 0.246 e. The van der Waals surface area contributed by atoms with Crippen molar-refractivity contribution in [1.82, 2.24) is 14.8 Å². The number of amides is 1. The quantitative estimate of drug-likeness (QED) is 0.114. The molecule has 9 heteroatoms. The molecule has 1 aliphatic rings. The average Bonchev–Trinajstić information content (AvgIpc) is 3.14. The standard InChI is InChI=1S/C42H41ClFN3O4/c1-30-3-5-35(6-4-30)29-50-38-16-17-40(45-25-38)51-42-31(2)23-36(24-39(42)43)13-18-41(48)47-21-19-46(20-22-47)26-32-7-9-33(10-8-32)27-49-28-34-11-14-37(44)15-12-34/h3-18,23-25H,19-22,26-29H2,1-2H3/b18-13+. The topological polar surface area (TPSA) is 64.1 Å². The van der Waals surface area contributed by atoms with E-state index in [0.717, 1.165) is 47.5 Å². The number of piperazine rings is 1. The predicted octanol–water partition coefficient (Wildman–Crippen LogP) is 8.94. The molecule has 0 atom stereocenters. The van der Waals surface area contributed by atoms with Gasteiger partial charge in [-0.15, -0.1) is 0 Å². The molecule has 1 aromatic heterocycles. The second kappa shape index (κ2) is 17.3. The minimum absolute atomic E-state index is 0.0253. The van der Waals surface area contributed by atoms with Crippen LogP contribution in [-0.2, 0) is 35.9 Å². The monoisotopic (exact) mass is 705 g/mol. The summed E-state index contributed by atoms with van der Waals surface area (Å²) < 4.78 is 30.7. The molecular weight excluding hydrogens is 665 g/mol. The molecule has 2 heterocycles. The van der Waals surface area contributed by atoms with Crippen molar-refractivity contribution in [2.75, 3.05) is 26.2 Å². The molecule has 1 aliphatic heterocycles. The first kappa shape index (κ1) is 35.8. The third-order valence-corrected chi connectivity index (χ3v) is 8.96. The number of rotatable bonds is 13. The molecule has 4 aromatic carbocycles. The highest BCUT2D eigenvalue weighted by Gasteiger charge is 2.20. The number of hydrogen-bond donors (Lipinski definition) is 0. The fourth-order valence-electron chi connectivity index (χ4n) is 5.72. The molecule has 0 spiro atoms. The summed E-state index contributed by atoms with van der Waals surface area (Å²) in [5, 5.41) is 0.433. The fourth-order valence-corrected chi connectivity index (χ4v) is 6.03.